The van der Waals surface area contributed by atoms with Crippen molar-refractivity contribution in [2.45, 2.75) is 0 Å². The predicted octanol–water partition coefficient (Wildman–Crippen LogP) is 19.9. The zero-order valence-corrected chi connectivity index (χ0v) is 39.9. The molecule has 0 aliphatic rings. The van der Waals surface area contributed by atoms with Crippen LogP contribution in [0.4, 0.5) is 86.8 Å². The van der Waals surface area contributed by atoms with Gasteiger partial charge in [-0.3, -0.25) is 0 Å². The zero-order valence-electron chi connectivity index (χ0n) is 39.9. The van der Waals surface area contributed by atoms with Gasteiger partial charge in [0, 0.05) is 34.3 Å². The Morgan fingerprint density at radius 3 is 0.808 bits per heavy atom. The Balaban J connectivity index is 1.15. The number of nitrogens with zero attached hydrogens (tertiary/aromatic N) is 2. The molecule has 2 nitrogen and oxygen atoms in total. The molecule has 0 atom stereocenters. The molecule has 0 bridgehead atoms. The molecular formula is C64H32F12N2. The van der Waals surface area contributed by atoms with Crippen molar-refractivity contribution < 1.29 is 52.7 Å². The van der Waals surface area contributed by atoms with Gasteiger partial charge in [0.25, 0.3) is 0 Å². The molecule has 12 aromatic rings. The summed E-state index contributed by atoms with van der Waals surface area (Å²) in [5.41, 5.74) is -4.15. The quantitative estimate of drug-likeness (QED) is 0.0995. The molecular weight excluding hydrogens is 1020 g/mol. The van der Waals surface area contributed by atoms with Crippen LogP contribution in [-0.4, -0.2) is 0 Å². The first-order chi connectivity index (χ1) is 37.6. The lowest BCUT2D eigenvalue weighted by molar-refractivity contribution is 0.588. The second kappa shape index (κ2) is 19.2. The summed E-state index contributed by atoms with van der Waals surface area (Å²) in [6.07, 6.45) is 0. The van der Waals surface area contributed by atoms with Crippen molar-refractivity contribution in [3.05, 3.63) is 264 Å². The lowest BCUT2D eigenvalue weighted by Gasteiger charge is -2.30. The summed E-state index contributed by atoms with van der Waals surface area (Å²) in [5.74, 6) is -12.1. The molecule has 0 amide bonds. The molecule has 0 radical (unpaired) electrons. The largest absolute Gasteiger partial charge is 0.307 e. The Morgan fingerprint density at radius 2 is 0.513 bits per heavy atom. The summed E-state index contributed by atoms with van der Waals surface area (Å²) in [6, 6.07) is 38.2. The Hall–Kier alpha value is -9.56. The minimum Gasteiger partial charge on any atom is -0.307 e. The van der Waals surface area contributed by atoms with Crippen LogP contribution in [0.5, 0.6) is 0 Å². The van der Waals surface area contributed by atoms with E-state index < -0.39 is 103 Å². The first-order valence-electron chi connectivity index (χ1n) is 23.9. The van der Waals surface area contributed by atoms with Gasteiger partial charge in [-0.15, -0.1) is 0 Å². The molecule has 78 heavy (non-hydrogen) atoms. The summed E-state index contributed by atoms with van der Waals surface area (Å²) in [6.45, 7) is 0. The standard InChI is InChI=1S/C64H32F12N2/c65-39-17-21-45(67)57(31-39)77(41-27-35(61-47(69)5-1-6-48(61)70)25-36(28-41)62-49(71)7-2-8-50(62)72)55-23-15-33-14-20-44-56(24-16-34-13-19-43(55)59(33)60(34)44)78(58-32-40(66)18-22-46(58)68)42-29-37(63-51(73)9-3-10-52(63)74)26-38(30-42)64-53(75)11-4-12-54(64)76/h1-32H. The molecule has 12 rings (SSSR count). The highest BCUT2D eigenvalue weighted by atomic mass is 19.2. The van der Waals surface area contributed by atoms with Crippen LogP contribution in [0.3, 0.4) is 0 Å². The average molecular weight is 1060 g/mol. The summed E-state index contributed by atoms with van der Waals surface area (Å²) in [5, 5.41) is 2.64. The summed E-state index contributed by atoms with van der Waals surface area (Å²) in [4.78, 5) is 2.47. The lowest BCUT2D eigenvalue weighted by atomic mass is 9.91. The van der Waals surface area contributed by atoms with Crippen molar-refractivity contribution in [3.8, 4) is 44.5 Å². The van der Waals surface area contributed by atoms with Crippen LogP contribution in [0.2, 0.25) is 0 Å². The van der Waals surface area contributed by atoms with E-state index in [4.69, 9.17) is 0 Å². The minimum atomic E-state index is -1.04. The van der Waals surface area contributed by atoms with Crippen LogP contribution in [0.15, 0.2) is 194 Å². The number of anilines is 6. The summed E-state index contributed by atoms with van der Waals surface area (Å²) in [7, 11) is 0. The topological polar surface area (TPSA) is 6.48 Å². The molecule has 0 heterocycles. The van der Waals surface area contributed by atoms with Gasteiger partial charge in [0.2, 0.25) is 0 Å². The third kappa shape index (κ3) is 8.36. The number of hydrogen-bond donors (Lipinski definition) is 0. The van der Waals surface area contributed by atoms with E-state index in [9.17, 15) is 0 Å². The fraction of sp³-hybridized carbons (Fsp3) is 0. The molecule has 0 saturated heterocycles. The maximum Gasteiger partial charge on any atom is 0.147 e. The van der Waals surface area contributed by atoms with E-state index >= 15 is 52.7 Å². The van der Waals surface area contributed by atoms with E-state index in [1.54, 1.807) is 48.5 Å². The third-order valence-corrected chi connectivity index (χ3v) is 13.8. The van der Waals surface area contributed by atoms with Crippen molar-refractivity contribution in [1.82, 2.24) is 0 Å². The van der Waals surface area contributed by atoms with Crippen LogP contribution in [0, 0.1) is 69.8 Å². The highest BCUT2D eigenvalue weighted by Gasteiger charge is 2.28. The maximum atomic E-state index is 16.6. The van der Waals surface area contributed by atoms with Gasteiger partial charge in [-0.2, -0.15) is 0 Å². The van der Waals surface area contributed by atoms with Crippen molar-refractivity contribution in [1.29, 1.82) is 0 Å². The van der Waals surface area contributed by atoms with Gasteiger partial charge in [0.1, 0.15) is 69.8 Å². The molecule has 0 aromatic heterocycles. The van der Waals surface area contributed by atoms with Gasteiger partial charge in [0.15, 0.2) is 0 Å². The van der Waals surface area contributed by atoms with Crippen LogP contribution in [-0.2, 0) is 0 Å². The average Bonchev–Trinajstić information content (AvgIpc) is 3.61. The third-order valence-electron chi connectivity index (χ3n) is 13.8. The first kappa shape index (κ1) is 49.3. The minimum absolute atomic E-state index is 0.113. The van der Waals surface area contributed by atoms with Gasteiger partial charge >= 0.3 is 0 Å². The number of hydrogen-bond acceptors (Lipinski definition) is 2. The number of benzene rings is 12. The van der Waals surface area contributed by atoms with Crippen LogP contribution in [0.1, 0.15) is 0 Å². The predicted molar refractivity (Wildman–Crippen MR) is 281 cm³/mol. The Kier molecular flexibility index (Phi) is 12.2. The molecule has 0 saturated carbocycles. The maximum absolute atomic E-state index is 16.6. The smallest absolute Gasteiger partial charge is 0.147 e. The van der Waals surface area contributed by atoms with E-state index in [1.165, 1.54) is 46.2 Å². The van der Waals surface area contributed by atoms with Crippen LogP contribution < -0.4 is 9.80 Å². The van der Waals surface area contributed by atoms with E-state index in [0.29, 0.717) is 32.3 Å². The van der Waals surface area contributed by atoms with Crippen molar-refractivity contribution in [3.63, 3.8) is 0 Å². The van der Waals surface area contributed by atoms with Gasteiger partial charge in [0.05, 0.1) is 45.0 Å². The summed E-state index contributed by atoms with van der Waals surface area (Å²) >= 11 is 0. The highest BCUT2D eigenvalue weighted by molar-refractivity contribution is 6.28. The molecule has 14 heteroatoms. The molecule has 0 N–H and O–H groups in total. The first-order valence-corrected chi connectivity index (χ1v) is 23.9. The lowest BCUT2D eigenvalue weighted by Crippen LogP contribution is -2.14. The van der Waals surface area contributed by atoms with Gasteiger partial charge < -0.3 is 9.80 Å². The molecule has 0 fully saturated rings. The molecule has 12 aromatic carbocycles. The molecule has 0 unspecified atom stereocenters. The monoisotopic (exact) mass is 1060 g/mol. The highest BCUT2D eigenvalue weighted by Crippen LogP contribution is 2.51. The van der Waals surface area contributed by atoms with Crippen molar-refractivity contribution in [2.24, 2.45) is 0 Å². The molecule has 0 spiro atoms. The van der Waals surface area contributed by atoms with Crippen molar-refractivity contribution in [2.75, 3.05) is 9.80 Å². The fourth-order valence-corrected chi connectivity index (χ4v) is 10.4. The number of halogens is 12. The molecule has 0 aliphatic heterocycles. The van der Waals surface area contributed by atoms with E-state index in [2.05, 4.69) is 0 Å². The van der Waals surface area contributed by atoms with Gasteiger partial charge in [-0.1, -0.05) is 60.7 Å². The Morgan fingerprint density at radius 1 is 0.231 bits per heavy atom. The van der Waals surface area contributed by atoms with E-state index in [-0.39, 0.29) is 45.0 Å². The van der Waals surface area contributed by atoms with E-state index in [0.717, 1.165) is 109 Å². The van der Waals surface area contributed by atoms with Gasteiger partial charge in [-0.25, -0.2) is 52.7 Å². The molecule has 0 aliphatic carbocycles. The Bertz CT molecular complexity index is 3910. The summed E-state index contributed by atoms with van der Waals surface area (Å²) < 4.78 is 190. The van der Waals surface area contributed by atoms with E-state index in [1.807, 2.05) is 0 Å². The van der Waals surface area contributed by atoms with Crippen molar-refractivity contribution >= 4 is 66.4 Å². The Labute approximate surface area is 435 Å². The fourth-order valence-electron chi connectivity index (χ4n) is 10.4. The van der Waals surface area contributed by atoms with Crippen LogP contribution in [0.25, 0.3) is 76.8 Å². The van der Waals surface area contributed by atoms with Gasteiger partial charge in [-0.05, 0) is 165 Å². The second-order valence-corrected chi connectivity index (χ2v) is 18.4. The number of rotatable bonds is 10. The normalized spacial score (nSPS) is 11.6. The SMILES string of the molecule is Fc1ccc(F)c(N(c2cc(-c3c(F)cccc3F)cc(-c3c(F)cccc3F)c2)c2ccc3ccc4c(N(c5cc(-c6c(F)cccc6F)cc(-c6c(F)cccc6F)c5)c5cc(F)ccc5F)ccc5ccc2c3c54)c1. The van der Waals surface area contributed by atoms with Crippen LogP contribution >= 0.6 is 0 Å². The zero-order chi connectivity index (χ0) is 54.3. The molecule has 382 valence electrons. The second-order valence-electron chi connectivity index (χ2n) is 18.4.